The molecule has 20 heavy (non-hydrogen) atoms. The number of hydrogen-bond acceptors (Lipinski definition) is 2. The molecular formula is C17H16N2O. The van der Waals surface area contributed by atoms with Crippen molar-refractivity contribution < 1.29 is 4.74 Å². The summed E-state index contributed by atoms with van der Waals surface area (Å²) in [5.41, 5.74) is 5.99. The molecule has 0 saturated heterocycles. The van der Waals surface area contributed by atoms with E-state index in [-0.39, 0.29) is 0 Å². The number of fused-ring (bicyclic) bond motifs is 5. The SMILES string of the molecule is COc1cccn2c3c(nc12)-c1ccccc1CCC3. The van der Waals surface area contributed by atoms with E-state index in [1.807, 2.05) is 12.1 Å². The monoisotopic (exact) mass is 264 g/mol. The molecule has 0 amide bonds. The molecule has 0 saturated carbocycles. The van der Waals surface area contributed by atoms with Crippen LogP contribution in [0.15, 0.2) is 42.6 Å². The van der Waals surface area contributed by atoms with Crippen molar-refractivity contribution >= 4 is 5.65 Å². The molecule has 2 aromatic heterocycles. The fourth-order valence-electron chi connectivity index (χ4n) is 3.12. The van der Waals surface area contributed by atoms with Crippen LogP contribution in [0.5, 0.6) is 5.75 Å². The molecule has 1 aliphatic rings. The zero-order chi connectivity index (χ0) is 13.5. The molecule has 3 heteroatoms. The van der Waals surface area contributed by atoms with E-state index in [4.69, 9.17) is 9.72 Å². The molecule has 3 aromatic rings. The Hall–Kier alpha value is -2.29. The number of hydrogen-bond donors (Lipinski definition) is 0. The Balaban J connectivity index is 2.07. The molecule has 3 nitrogen and oxygen atoms in total. The largest absolute Gasteiger partial charge is 0.493 e. The highest BCUT2D eigenvalue weighted by molar-refractivity contribution is 5.72. The number of rotatable bonds is 1. The van der Waals surface area contributed by atoms with Crippen LogP contribution in [0.2, 0.25) is 0 Å². The Kier molecular flexibility index (Phi) is 2.52. The summed E-state index contributed by atoms with van der Waals surface area (Å²) in [6.45, 7) is 0. The number of aromatic nitrogens is 2. The average Bonchev–Trinajstić information content (AvgIpc) is 2.76. The van der Waals surface area contributed by atoms with Crippen molar-refractivity contribution in [2.45, 2.75) is 19.3 Å². The maximum absolute atomic E-state index is 5.44. The highest BCUT2D eigenvalue weighted by Crippen LogP contribution is 2.34. The normalized spacial score (nSPS) is 13.7. The van der Waals surface area contributed by atoms with Crippen LogP contribution in [0.1, 0.15) is 17.7 Å². The fourth-order valence-corrected chi connectivity index (χ4v) is 3.12. The second-order valence-electron chi connectivity index (χ2n) is 5.19. The highest BCUT2D eigenvalue weighted by Gasteiger charge is 2.20. The quantitative estimate of drug-likeness (QED) is 0.672. The molecule has 0 fully saturated rings. The van der Waals surface area contributed by atoms with E-state index in [0.717, 1.165) is 36.4 Å². The zero-order valence-electron chi connectivity index (χ0n) is 11.5. The molecule has 1 aliphatic carbocycles. The number of benzene rings is 1. The molecule has 1 aromatic carbocycles. The van der Waals surface area contributed by atoms with Gasteiger partial charge in [-0.15, -0.1) is 0 Å². The van der Waals surface area contributed by atoms with E-state index in [9.17, 15) is 0 Å². The van der Waals surface area contributed by atoms with Crippen molar-refractivity contribution in [3.8, 4) is 17.0 Å². The minimum absolute atomic E-state index is 0.832. The molecule has 4 rings (SSSR count). The summed E-state index contributed by atoms with van der Waals surface area (Å²) < 4.78 is 7.62. The molecule has 0 N–H and O–H groups in total. The van der Waals surface area contributed by atoms with Gasteiger partial charge in [-0.3, -0.25) is 0 Å². The first-order valence-electron chi connectivity index (χ1n) is 7.00. The molecule has 100 valence electrons. The van der Waals surface area contributed by atoms with Crippen LogP contribution in [0.4, 0.5) is 0 Å². The summed E-state index contributed by atoms with van der Waals surface area (Å²) in [7, 11) is 1.70. The maximum atomic E-state index is 5.44. The van der Waals surface area contributed by atoms with Crippen molar-refractivity contribution in [3.05, 3.63) is 53.9 Å². The smallest absolute Gasteiger partial charge is 0.180 e. The van der Waals surface area contributed by atoms with Crippen molar-refractivity contribution in [3.63, 3.8) is 0 Å². The number of pyridine rings is 1. The molecule has 0 radical (unpaired) electrons. The summed E-state index contributed by atoms with van der Waals surface area (Å²) in [6.07, 6.45) is 5.42. The summed E-state index contributed by atoms with van der Waals surface area (Å²) in [5.74, 6) is 0.832. The van der Waals surface area contributed by atoms with Crippen molar-refractivity contribution in [1.82, 2.24) is 9.38 Å². The van der Waals surface area contributed by atoms with Crippen molar-refractivity contribution in [2.24, 2.45) is 0 Å². The van der Waals surface area contributed by atoms with E-state index in [1.165, 1.54) is 16.8 Å². The van der Waals surface area contributed by atoms with E-state index in [1.54, 1.807) is 7.11 Å². The third kappa shape index (κ3) is 1.56. The lowest BCUT2D eigenvalue weighted by Crippen LogP contribution is -1.95. The lowest BCUT2D eigenvalue weighted by molar-refractivity contribution is 0.417. The van der Waals surface area contributed by atoms with Gasteiger partial charge in [-0.2, -0.15) is 0 Å². The van der Waals surface area contributed by atoms with Crippen LogP contribution in [-0.4, -0.2) is 16.5 Å². The predicted molar refractivity (Wildman–Crippen MR) is 79.2 cm³/mol. The van der Waals surface area contributed by atoms with Crippen LogP contribution in [-0.2, 0) is 12.8 Å². The van der Waals surface area contributed by atoms with Gasteiger partial charge in [0, 0.05) is 11.8 Å². The van der Waals surface area contributed by atoms with Crippen LogP contribution >= 0.6 is 0 Å². The van der Waals surface area contributed by atoms with Gasteiger partial charge in [-0.1, -0.05) is 24.3 Å². The van der Waals surface area contributed by atoms with E-state index in [0.29, 0.717) is 0 Å². The molecule has 0 unspecified atom stereocenters. The number of aryl methyl sites for hydroxylation is 2. The third-order valence-electron chi connectivity index (χ3n) is 4.07. The molecule has 0 atom stereocenters. The Labute approximate surface area is 117 Å². The molecule has 0 spiro atoms. The topological polar surface area (TPSA) is 26.5 Å². The Bertz CT molecular complexity index is 789. The summed E-state index contributed by atoms with van der Waals surface area (Å²) in [6, 6.07) is 12.6. The predicted octanol–water partition coefficient (Wildman–Crippen LogP) is 3.50. The van der Waals surface area contributed by atoms with Crippen LogP contribution in [0.3, 0.4) is 0 Å². The standard InChI is InChI=1S/C17H16N2O/c1-20-15-10-5-11-19-14-9-4-7-12-6-2-3-8-13(12)16(14)18-17(15)19/h2-3,5-6,8,10-11H,4,7,9H2,1H3. The minimum Gasteiger partial charge on any atom is -0.493 e. The Morgan fingerprint density at radius 3 is 2.90 bits per heavy atom. The number of ether oxygens (including phenoxy) is 1. The Morgan fingerprint density at radius 1 is 1.10 bits per heavy atom. The summed E-state index contributed by atoms with van der Waals surface area (Å²) in [4.78, 5) is 4.86. The number of imidazole rings is 1. The van der Waals surface area contributed by atoms with Gasteiger partial charge in [-0.25, -0.2) is 4.98 Å². The second-order valence-corrected chi connectivity index (χ2v) is 5.19. The van der Waals surface area contributed by atoms with Crippen molar-refractivity contribution in [2.75, 3.05) is 7.11 Å². The lowest BCUT2D eigenvalue weighted by atomic mass is 10.0. The average molecular weight is 264 g/mol. The summed E-state index contributed by atoms with van der Waals surface area (Å²) in [5, 5.41) is 0. The first kappa shape index (κ1) is 11.5. The molecule has 0 aliphatic heterocycles. The van der Waals surface area contributed by atoms with Gasteiger partial charge in [0.2, 0.25) is 0 Å². The minimum atomic E-state index is 0.832. The number of nitrogens with zero attached hydrogens (tertiary/aromatic N) is 2. The zero-order valence-corrected chi connectivity index (χ0v) is 11.5. The van der Waals surface area contributed by atoms with Crippen LogP contribution in [0, 0.1) is 0 Å². The lowest BCUT2D eigenvalue weighted by Gasteiger charge is -2.03. The van der Waals surface area contributed by atoms with Gasteiger partial charge in [0.05, 0.1) is 18.5 Å². The van der Waals surface area contributed by atoms with Gasteiger partial charge in [-0.05, 0) is 37.0 Å². The molecular weight excluding hydrogens is 248 g/mol. The third-order valence-corrected chi connectivity index (χ3v) is 4.07. The summed E-state index contributed by atoms with van der Waals surface area (Å²) >= 11 is 0. The van der Waals surface area contributed by atoms with Crippen LogP contribution in [0.25, 0.3) is 16.9 Å². The van der Waals surface area contributed by atoms with Gasteiger partial charge in [0.15, 0.2) is 11.4 Å². The highest BCUT2D eigenvalue weighted by atomic mass is 16.5. The van der Waals surface area contributed by atoms with E-state index >= 15 is 0 Å². The van der Waals surface area contributed by atoms with E-state index < -0.39 is 0 Å². The maximum Gasteiger partial charge on any atom is 0.180 e. The van der Waals surface area contributed by atoms with Crippen LogP contribution < -0.4 is 4.74 Å². The molecule has 0 bridgehead atoms. The first-order valence-corrected chi connectivity index (χ1v) is 7.00. The fraction of sp³-hybridized carbons (Fsp3) is 0.235. The van der Waals surface area contributed by atoms with Crippen molar-refractivity contribution in [1.29, 1.82) is 0 Å². The van der Waals surface area contributed by atoms with Gasteiger partial charge < -0.3 is 9.14 Å². The van der Waals surface area contributed by atoms with E-state index in [2.05, 4.69) is 34.9 Å². The van der Waals surface area contributed by atoms with Gasteiger partial charge >= 0.3 is 0 Å². The number of methoxy groups -OCH3 is 1. The van der Waals surface area contributed by atoms with Gasteiger partial charge in [0.1, 0.15) is 0 Å². The first-order chi connectivity index (χ1) is 9.88. The molecule has 2 heterocycles. The van der Waals surface area contributed by atoms with Gasteiger partial charge in [0.25, 0.3) is 0 Å². The second kappa shape index (κ2) is 4.37. The Morgan fingerprint density at radius 2 is 2.00 bits per heavy atom.